The number of carbonyl (C=O) groups is 1. The van der Waals surface area contributed by atoms with Crippen molar-refractivity contribution in [3.63, 3.8) is 0 Å². The maximum atomic E-state index is 12.3. The van der Waals surface area contributed by atoms with Gasteiger partial charge in [-0.05, 0) is 53.4 Å². The molecule has 2 N–H and O–H groups in total. The average molecular weight is 363 g/mol. The summed E-state index contributed by atoms with van der Waals surface area (Å²) in [5, 5.41) is 12.7. The summed E-state index contributed by atoms with van der Waals surface area (Å²) in [6.07, 6.45) is 2.97. The van der Waals surface area contributed by atoms with Crippen LogP contribution in [0.1, 0.15) is 36.3 Å². The normalized spacial score (nSPS) is 27.6. The first kappa shape index (κ1) is 16.8. The molecule has 0 bridgehead atoms. The summed E-state index contributed by atoms with van der Waals surface area (Å²) < 4.78 is 5.60. The molecule has 1 amide bonds. The quantitative estimate of drug-likeness (QED) is 0.846. The third-order valence-corrected chi connectivity index (χ3v) is 6.75. The standard InChI is InChI=1S/C23H25NO3/c25-14-23(10-15-9-16(15)11-23)13-24-22(26)27-12-21-19-7-3-1-5-17(19)18-6-2-4-8-20(18)21/h1-8,15-16,21,25H,9-14H2,(H,24,26). The predicted molar refractivity (Wildman–Crippen MR) is 103 cm³/mol. The maximum absolute atomic E-state index is 12.3. The lowest BCUT2D eigenvalue weighted by Gasteiger charge is -2.28. The Balaban J connectivity index is 1.23. The molecule has 4 heteroatoms. The van der Waals surface area contributed by atoms with E-state index in [0.29, 0.717) is 13.2 Å². The highest BCUT2D eigenvalue weighted by Gasteiger charge is 2.53. The molecule has 0 saturated heterocycles. The van der Waals surface area contributed by atoms with Crippen LogP contribution in [-0.4, -0.2) is 31.0 Å². The van der Waals surface area contributed by atoms with Gasteiger partial charge in [-0.25, -0.2) is 4.79 Å². The highest BCUT2D eigenvalue weighted by Crippen LogP contribution is 2.59. The Bertz CT molecular complexity index is 822. The van der Waals surface area contributed by atoms with Crippen LogP contribution < -0.4 is 5.32 Å². The van der Waals surface area contributed by atoms with E-state index in [1.165, 1.54) is 28.7 Å². The summed E-state index contributed by atoms with van der Waals surface area (Å²) in [5.41, 5.74) is 4.75. The van der Waals surface area contributed by atoms with E-state index >= 15 is 0 Å². The summed E-state index contributed by atoms with van der Waals surface area (Å²) in [4.78, 5) is 12.3. The largest absolute Gasteiger partial charge is 0.449 e. The summed E-state index contributed by atoms with van der Waals surface area (Å²) in [5.74, 6) is 1.61. The number of nitrogens with one attached hydrogen (secondary N) is 1. The molecular formula is C23H25NO3. The van der Waals surface area contributed by atoms with Crippen LogP contribution in [0.2, 0.25) is 0 Å². The first-order valence-corrected chi connectivity index (χ1v) is 9.89. The molecule has 140 valence electrons. The molecule has 2 fully saturated rings. The zero-order chi connectivity index (χ0) is 18.4. The van der Waals surface area contributed by atoms with Gasteiger partial charge in [0, 0.05) is 17.9 Å². The number of amides is 1. The van der Waals surface area contributed by atoms with Crippen LogP contribution in [0.4, 0.5) is 4.79 Å². The highest BCUT2D eigenvalue weighted by atomic mass is 16.5. The molecule has 3 aliphatic carbocycles. The Morgan fingerprint density at radius 1 is 1.04 bits per heavy atom. The lowest BCUT2D eigenvalue weighted by Crippen LogP contribution is -2.39. The van der Waals surface area contributed by atoms with Crippen LogP contribution in [-0.2, 0) is 4.74 Å². The minimum Gasteiger partial charge on any atom is -0.449 e. The first-order valence-electron chi connectivity index (χ1n) is 9.89. The zero-order valence-electron chi connectivity index (χ0n) is 15.4. The second-order valence-electron chi connectivity index (χ2n) is 8.50. The van der Waals surface area contributed by atoms with Crippen LogP contribution >= 0.6 is 0 Å². The predicted octanol–water partition coefficient (Wildman–Crippen LogP) is 3.93. The van der Waals surface area contributed by atoms with Gasteiger partial charge < -0.3 is 15.2 Å². The summed E-state index contributed by atoms with van der Waals surface area (Å²) in [6.45, 7) is 0.980. The molecule has 2 aromatic rings. The first-order chi connectivity index (χ1) is 13.2. The molecule has 0 heterocycles. The number of carbonyl (C=O) groups excluding carboxylic acids is 1. The van der Waals surface area contributed by atoms with E-state index in [2.05, 4.69) is 29.6 Å². The van der Waals surface area contributed by atoms with E-state index < -0.39 is 0 Å². The molecule has 0 radical (unpaired) electrons. The van der Waals surface area contributed by atoms with Gasteiger partial charge in [0.25, 0.3) is 0 Å². The Kier molecular flexibility index (Phi) is 3.97. The van der Waals surface area contributed by atoms with Gasteiger partial charge in [0.2, 0.25) is 0 Å². The van der Waals surface area contributed by atoms with Gasteiger partial charge in [-0.3, -0.25) is 0 Å². The monoisotopic (exact) mass is 363 g/mol. The SMILES string of the molecule is O=C(NCC1(CO)CC2CC2C1)OCC1c2ccccc2-c2ccccc21. The second kappa shape index (κ2) is 6.38. The Hall–Kier alpha value is -2.33. The van der Waals surface area contributed by atoms with Crippen molar-refractivity contribution in [1.29, 1.82) is 0 Å². The van der Waals surface area contributed by atoms with Gasteiger partial charge in [0.15, 0.2) is 0 Å². The number of hydrogen-bond acceptors (Lipinski definition) is 3. The number of benzene rings is 2. The second-order valence-corrected chi connectivity index (χ2v) is 8.50. The molecule has 2 aromatic carbocycles. The van der Waals surface area contributed by atoms with Gasteiger partial charge in [-0.2, -0.15) is 0 Å². The lowest BCUT2D eigenvalue weighted by molar-refractivity contribution is 0.103. The van der Waals surface area contributed by atoms with E-state index in [1.807, 2.05) is 24.3 Å². The van der Waals surface area contributed by atoms with Crippen LogP contribution in [0.3, 0.4) is 0 Å². The molecule has 2 unspecified atom stereocenters. The van der Waals surface area contributed by atoms with Crippen molar-refractivity contribution in [2.75, 3.05) is 19.8 Å². The van der Waals surface area contributed by atoms with Crippen LogP contribution in [0.25, 0.3) is 11.1 Å². The van der Waals surface area contributed by atoms with E-state index in [0.717, 1.165) is 24.7 Å². The molecule has 3 aliphatic rings. The number of aliphatic hydroxyl groups excluding tert-OH is 1. The fourth-order valence-electron chi connectivity index (χ4n) is 5.24. The van der Waals surface area contributed by atoms with E-state index in [-0.39, 0.29) is 24.0 Å². The van der Waals surface area contributed by atoms with Crippen LogP contribution in [0, 0.1) is 17.3 Å². The van der Waals surface area contributed by atoms with E-state index in [9.17, 15) is 9.90 Å². The third-order valence-electron chi connectivity index (χ3n) is 6.75. The Morgan fingerprint density at radius 2 is 1.63 bits per heavy atom. The minimum absolute atomic E-state index is 0.0778. The number of ether oxygens (including phenoxy) is 1. The van der Waals surface area contributed by atoms with Gasteiger partial charge in [-0.15, -0.1) is 0 Å². The molecule has 5 rings (SSSR count). The van der Waals surface area contributed by atoms with Gasteiger partial charge in [-0.1, -0.05) is 48.5 Å². The number of alkyl carbamates (subject to hydrolysis) is 1. The average Bonchev–Trinajstić information content (AvgIpc) is 3.20. The third kappa shape index (κ3) is 2.92. The van der Waals surface area contributed by atoms with Crippen LogP contribution in [0.15, 0.2) is 48.5 Å². The van der Waals surface area contributed by atoms with Crippen molar-refractivity contribution < 1.29 is 14.6 Å². The molecule has 0 spiro atoms. The zero-order valence-corrected chi connectivity index (χ0v) is 15.4. The number of aliphatic hydroxyl groups is 1. The molecule has 4 nitrogen and oxygen atoms in total. The molecule has 0 aromatic heterocycles. The lowest BCUT2D eigenvalue weighted by atomic mass is 9.84. The Labute approximate surface area is 159 Å². The molecule has 2 atom stereocenters. The van der Waals surface area contributed by atoms with E-state index in [4.69, 9.17) is 4.74 Å². The molecular weight excluding hydrogens is 338 g/mol. The van der Waals surface area contributed by atoms with Crippen molar-refractivity contribution in [3.8, 4) is 11.1 Å². The number of hydrogen-bond donors (Lipinski definition) is 2. The summed E-state index contributed by atoms with van der Waals surface area (Å²) in [7, 11) is 0. The number of rotatable bonds is 5. The minimum atomic E-state index is -0.384. The van der Waals surface area contributed by atoms with Crippen molar-refractivity contribution in [2.24, 2.45) is 17.3 Å². The van der Waals surface area contributed by atoms with Crippen molar-refractivity contribution in [3.05, 3.63) is 59.7 Å². The smallest absolute Gasteiger partial charge is 0.407 e. The molecule has 0 aliphatic heterocycles. The fourth-order valence-corrected chi connectivity index (χ4v) is 5.24. The molecule has 27 heavy (non-hydrogen) atoms. The Morgan fingerprint density at radius 3 is 2.22 bits per heavy atom. The van der Waals surface area contributed by atoms with E-state index in [1.54, 1.807) is 0 Å². The van der Waals surface area contributed by atoms with Gasteiger partial charge in [0.05, 0.1) is 6.61 Å². The molecule has 2 saturated carbocycles. The topological polar surface area (TPSA) is 58.6 Å². The highest BCUT2D eigenvalue weighted by molar-refractivity contribution is 5.79. The van der Waals surface area contributed by atoms with Crippen LogP contribution in [0.5, 0.6) is 0 Å². The van der Waals surface area contributed by atoms with Crippen molar-refractivity contribution in [2.45, 2.75) is 25.2 Å². The summed E-state index contributed by atoms with van der Waals surface area (Å²) in [6, 6.07) is 16.7. The van der Waals surface area contributed by atoms with Gasteiger partial charge >= 0.3 is 6.09 Å². The number of fused-ring (bicyclic) bond motifs is 4. The summed E-state index contributed by atoms with van der Waals surface area (Å²) >= 11 is 0. The van der Waals surface area contributed by atoms with Crippen molar-refractivity contribution in [1.82, 2.24) is 5.32 Å². The fraction of sp³-hybridized carbons (Fsp3) is 0.435. The van der Waals surface area contributed by atoms with Crippen molar-refractivity contribution >= 4 is 6.09 Å². The van der Waals surface area contributed by atoms with Gasteiger partial charge in [0.1, 0.15) is 6.61 Å². The maximum Gasteiger partial charge on any atom is 0.407 e.